The molecule has 0 fully saturated rings. The number of rotatable bonds is 3. The van der Waals surface area contributed by atoms with Gasteiger partial charge < -0.3 is 15.9 Å². The lowest BCUT2D eigenvalue weighted by Gasteiger charge is -2.01. The Bertz CT molecular complexity index is 45.0. The fraction of sp³-hybridized carbons (Fsp3) is 1.00. The van der Waals surface area contributed by atoms with E-state index in [1.165, 1.54) is 0 Å². The van der Waals surface area contributed by atoms with Crippen LogP contribution >= 0.6 is 12.4 Å². The highest BCUT2D eigenvalue weighted by Gasteiger charge is 1.96. The SMILES string of the molecule is Cl.NCC[C@H](O)CO. The monoisotopic (exact) mass is 141 g/mol. The van der Waals surface area contributed by atoms with Gasteiger partial charge in [-0.15, -0.1) is 12.4 Å². The molecule has 0 aliphatic heterocycles. The minimum absolute atomic E-state index is 0. The van der Waals surface area contributed by atoms with Gasteiger partial charge in [-0.3, -0.25) is 0 Å². The number of hydrogen-bond acceptors (Lipinski definition) is 3. The van der Waals surface area contributed by atoms with E-state index in [2.05, 4.69) is 0 Å². The molecule has 0 aromatic heterocycles. The van der Waals surface area contributed by atoms with Crippen molar-refractivity contribution in [1.82, 2.24) is 0 Å². The van der Waals surface area contributed by atoms with Crippen molar-refractivity contribution >= 4 is 12.4 Å². The van der Waals surface area contributed by atoms with E-state index in [1.54, 1.807) is 0 Å². The first-order valence-electron chi connectivity index (χ1n) is 2.30. The fourth-order valence-corrected chi connectivity index (χ4v) is 0.284. The molecule has 0 saturated carbocycles. The summed E-state index contributed by atoms with van der Waals surface area (Å²) in [5.41, 5.74) is 5.03. The molecule has 0 aromatic carbocycles. The molecule has 0 heterocycles. The van der Waals surface area contributed by atoms with Crippen LogP contribution in [-0.4, -0.2) is 29.5 Å². The third kappa shape index (κ3) is 6.17. The van der Waals surface area contributed by atoms with Gasteiger partial charge in [-0.05, 0) is 13.0 Å². The van der Waals surface area contributed by atoms with Crippen molar-refractivity contribution in [2.24, 2.45) is 5.73 Å². The molecular weight excluding hydrogens is 130 g/mol. The Labute approximate surface area is 54.9 Å². The van der Waals surface area contributed by atoms with E-state index in [9.17, 15) is 0 Å². The topological polar surface area (TPSA) is 66.5 Å². The van der Waals surface area contributed by atoms with Crippen LogP contribution in [0.3, 0.4) is 0 Å². The van der Waals surface area contributed by atoms with E-state index in [0.717, 1.165) is 0 Å². The second-order valence-electron chi connectivity index (χ2n) is 1.41. The summed E-state index contributed by atoms with van der Waals surface area (Å²) in [5.74, 6) is 0. The summed E-state index contributed by atoms with van der Waals surface area (Å²) in [5, 5.41) is 16.7. The summed E-state index contributed by atoms with van der Waals surface area (Å²) in [6, 6.07) is 0. The first kappa shape index (κ1) is 11.0. The summed E-state index contributed by atoms with van der Waals surface area (Å²) in [7, 11) is 0. The van der Waals surface area contributed by atoms with Gasteiger partial charge >= 0.3 is 0 Å². The summed E-state index contributed by atoms with van der Waals surface area (Å²) in [6.45, 7) is 0.249. The normalized spacial score (nSPS) is 12.4. The Balaban J connectivity index is 0. The van der Waals surface area contributed by atoms with Gasteiger partial charge in [0.05, 0.1) is 12.7 Å². The van der Waals surface area contributed by atoms with Crippen molar-refractivity contribution in [1.29, 1.82) is 0 Å². The van der Waals surface area contributed by atoms with Gasteiger partial charge in [-0.1, -0.05) is 0 Å². The van der Waals surface area contributed by atoms with Crippen LogP contribution in [0, 0.1) is 0 Å². The summed E-state index contributed by atoms with van der Waals surface area (Å²) in [4.78, 5) is 0. The van der Waals surface area contributed by atoms with Crippen LogP contribution < -0.4 is 5.73 Å². The third-order valence-electron chi connectivity index (χ3n) is 0.711. The Morgan fingerprint density at radius 3 is 2.12 bits per heavy atom. The maximum atomic E-state index is 8.53. The zero-order valence-corrected chi connectivity index (χ0v) is 5.40. The Hall–Kier alpha value is 0.170. The number of aliphatic hydroxyl groups is 2. The molecule has 0 aliphatic rings. The van der Waals surface area contributed by atoms with Crippen LogP contribution in [0.25, 0.3) is 0 Å². The van der Waals surface area contributed by atoms with Crippen molar-refractivity contribution in [2.45, 2.75) is 12.5 Å². The van der Waals surface area contributed by atoms with E-state index in [0.29, 0.717) is 13.0 Å². The van der Waals surface area contributed by atoms with Gasteiger partial charge in [-0.2, -0.15) is 0 Å². The van der Waals surface area contributed by atoms with Crippen molar-refractivity contribution in [3.63, 3.8) is 0 Å². The molecule has 0 saturated heterocycles. The molecule has 4 N–H and O–H groups in total. The molecule has 0 radical (unpaired) electrons. The smallest absolute Gasteiger partial charge is 0.0782 e. The van der Waals surface area contributed by atoms with E-state index < -0.39 is 6.10 Å². The summed E-state index contributed by atoms with van der Waals surface area (Å²) >= 11 is 0. The molecule has 0 bridgehead atoms. The first-order chi connectivity index (χ1) is 3.31. The Morgan fingerprint density at radius 2 is 2.00 bits per heavy atom. The average Bonchev–Trinajstić information content (AvgIpc) is 1.68. The maximum Gasteiger partial charge on any atom is 0.0782 e. The van der Waals surface area contributed by atoms with Gasteiger partial charge in [0.1, 0.15) is 0 Å². The van der Waals surface area contributed by atoms with E-state index in [4.69, 9.17) is 15.9 Å². The number of aliphatic hydroxyl groups excluding tert-OH is 2. The quantitative estimate of drug-likeness (QED) is 0.478. The zero-order chi connectivity index (χ0) is 5.70. The second-order valence-corrected chi connectivity index (χ2v) is 1.41. The van der Waals surface area contributed by atoms with Gasteiger partial charge in [0, 0.05) is 0 Å². The minimum atomic E-state index is -0.620. The highest BCUT2D eigenvalue weighted by atomic mass is 35.5. The van der Waals surface area contributed by atoms with Gasteiger partial charge in [0.2, 0.25) is 0 Å². The molecule has 8 heavy (non-hydrogen) atoms. The highest BCUT2D eigenvalue weighted by molar-refractivity contribution is 5.85. The lowest BCUT2D eigenvalue weighted by Crippen LogP contribution is -2.16. The number of hydrogen-bond donors (Lipinski definition) is 3. The predicted octanol–water partition coefficient (Wildman–Crippen LogP) is -0.890. The maximum absolute atomic E-state index is 8.53. The van der Waals surface area contributed by atoms with E-state index in [1.807, 2.05) is 0 Å². The minimum Gasteiger partial charge on any atom is -0.394 e. The summed E-state index contributed by atoms with van der Waals surface area (Å²) < 4.78 is 0. The lowest BCUT2D eigenvalue weighted by molar-refractivity contribution is 0.0902. The molecule has 0 unspecified atom stereocenters. The zero-order valence-electron chi connectivity index (χ0n) is 4.58. The largest absolute Gasteiger partial charge is 0.394 e. The molecule has 0 spiro atoms. The molecule has 1 atom stereocenters. The van der Waals surface area contributed by atoms with Crippen LogP contribution in [0.5, 0.6) is 0 Å². The molecular formula is C4H12ClNO2. The standard InChI is InChI=1S/C4H11NO2.ClH/c5-2-1-4(7)3-6;/h4,6-7H,1-3,5H2;1H/t4-;/m0./s1. The van der Waals surface area contributed by atoms with Crippen molar-refractivity contribution in [3.05, 3.63) is 0 Å². The third-order valence-corrected chi connectivity index (χ3v) is 0.711. The highest BCUT2D eigenvalue weighted by Crippen LogP contribution is 1.83. The number of halogens is 1. The van der Waals surface area contributed by atoms with Crippen molar-refractivity contribution in [2.75, 3.05) is 13.2 Å². The molecule has 3 nitrogen and oxygen atoms in total. The van der Waals surface area contributed by atoms with E-state index in [-0.39, 0.29) is 19.0 Å². The molecule has 0 aliphatic carbocycles. The van der Waals surface area contributed by atoms with Gasteiger partial charge in [0.15, 0.2) is 0 Å². The molecule has 0 amide bonds. The Morgan fingerprint density at radius 1 is 1.50 bits per heavy atom. The molecule has 52 valence electrons. The van der Waals surface area contributed by atoms with Crippen LogP contribution in [0.1, 0.15) is 6.42 Å². The molecule has 4 heteroatoms. The predicted molar refractivity (Wildman–Crippen MR) is 34.0 cm³/mol. The van der Waals surface area contributed by atoms with Gasteiger partial charge in [0.25, 0.3) is 0 Å². The summed E-state index contributed by atoms with van der Waals surface area (Å²) in [6.07, 6.45) is -0.138. The average molecular weight is 142 g/mol. The van der Waals surface area contributed by atoms with Crippen LogP contribution in [0.4, 0.5) is 0 Å². The first-order valence-corrected chi connectivity index (χ1v) is 2.30. The van der Waals surface area contributed by atoms with Gasteiger partial charge in [-0.25, -0.2) is 0 Å². The molecule has 0 rings (SSSR count). The van der Waals surface area contributed by atoms with Crippen molar-refractivity contribution < 1.29 is 10.2 Å². The van der Waals surface area contributed by atoms with Crippen LogP contribution in [0.2, 0.25) is 0 Å². The van der Waals surface area contributed by atoms with Crippen molar-refractivity contribution in [3.8, 4) is 0 Å². The lowest BCUT2D eigenvalue weighted by atomic mass is 10.3. The van der Waals surface area contributed by atoms with Crippen LogP contribution in [0.15, 0.2) is 0 Å². The molecule has 0 aromatic rings. The fourth-order valence-electron chi connectivity index (χ4n) is 0.284. The van der Waals surface area contributed by atoms with E-state index >= 15 is 0 Å². The number of nitrogens with two attached hydrogens (primary N) is 1. The second kappa shape index (κ2) is 7.17. The van der Waals surface area contributed by atoms with Crippen LogP contribution in [-0.2, 0) is 0 Å². The Kier molecular flexibility index (Phi) is 9.89.